The third-order valence-corrected chi connectivity index (χ3v) is 2.53. The first kappa shape index (κ1) is 12.8. The van der Waals surface area contributed by atoms with Gasteiger partial charge in [0.05, 0.1) is 5.71 Å². The number of rotatable bonds is 3. The molecule has 0 spiro atoms. The van der Waals surface area contributed by atoms with Crippen LogP contribution in [0, 0.1) is 0 Å². The fraction of sp³-hybridized carbons (Fsp3) is 0.0714. The molecule has 2 rings (SSSR count). The zero-order valence-corrected chi connectivity index (χ0v) is 10.4. The number of amides is 1. The lowest BCUT2D eigenvalue weighted by molar-refractivity contribution is 0.0955. The van der Waals surface area contributed by atoms with E-state index >= 15 is 0 Å². The van der Waals surface area contributed by atoms with Gasteiger partial charge < -0.3 is 5.11 Å². The predicted octanol–water partition coefficient (Wildman–Crippen LogP) is 1.94. The van der Waals surface area contributed by atoms with Gasteiger partial charge >= 0.3 is 0 Å². The van der Waals surface area contributed by atoms with Crippen molar-refractivity contribution in [3.05, 3.63) is 59.9 Å². The number of benzene rings is 1. The molecule has 5 nitrogen and oxygen atoms in total. The Morgan fingerprint density at radius 1 is 1.21 bits per heavy atom. The summed E-state index contributed by atoms with van der Waals surface area (Å²) in [7, 11) is 0. The first-order chi connectivity index (χ1) is 9.16. The smallest absolute Gasteiger partial charge is 0.271 e. The Balaban J connectivity index is 2.06. The molecular formula is C14H13N3O2. The topological polar surface area (TPSA) is 74.6 Å². The monoisotopic (exact) mass is 255 g/mol. The van der Waals surface area contributed by atoms with E-state index in [4.69, 9.17) is 5.11 Å². The van der Waals surface area contributed by atoms with Crippen molar-refractivity contribution in [2.24, 2.45) is 5.10 Å². The minimum atomic E-state index is -0.330. The van der Waals surface area contributed by atoms with E-state index in [2.05, 4.69) is 15.5 Å². The second kappa shape index (κ2) is 5.77. The Kier molecular flexibility index (Phi) is 3.87. The first-order valence-electron chi connectivity index (χ1n) is 5.71. The summed E-state index contributed by atoms with van der Waals surface area (Å²) in [4.78, 5) is 15.8. The van der Waals surface area contributed by atoms with Gasteiger partial charge in [-0.25, -0.2) is 5.43 Å². The lowest BCUT2D eigenvalue weighted by Gasteiger charge is -2.02. The maximum Gasteiger partial charge on any atom is 0.271 e. The van der Waals surface area contributed by atoms with Gasteiger partial charge in [0.1, 0.15) is 5.75 Å². The van der Waals surface area contributed by atoms with E-state index in [0.29, 0.717) is 11.3 Å². The van der Waals surface area contributed by atoms with Crippen molar-refractivity contribution >= 4 is 11.6 Å². The zero-order chi connectivity index (χ0) is 13.7. The molecule has 96 valence electrons. The van der Waals surface area contributed by atoms with Crippen LogP contribution < -0.4 is 5.43 Å². The number of hydrogen-bond acceptors (Lipinski definition) is 4. The third-order valence-electron chi connectivity index (χ3n) is 2.53. The summed E-state index contributed by atoms with van der Waals surface area (Å²) in [5, 5.41) is 13.1. The third kappa shape index (κ3) is 3.38. The van der Waals surface area contributed by atoms with Gasteiger partial charge in [0.2, 0.25) is 0 Å². The fourth-order valence-electron chi connectivity index (χ4n) is 1.45. The second-order valence-electron chi connectivity index (χ2n) is 3.93. The molecule has 0 aliphatic heterocycles. The van der Waals surface area contributed by atoms with Crippen LogP contribution in [0.3, 0.4) is 0 Å². The zero-order valence-electron chi connectivity index (χ0n) is 10.4. The van der Waals surface area contributed by atoms with Crippen LogP contribution in [0.4, 0.5) is 0 Å². The van der Waals surface area contributed by atoms with Crippen LogP contribution in [0.1, 0.15) is 22.8 Å². The van der Waals surface area contributed by atoms with Crippen LogP contribution in [0.15, 0.2) is 53.9 Å². The summed E-state index contributed by atoms with van der Waals surface area (Å²) in [5.74, 6) is -0.213. The number of hydrazone groups is 1. The van der Waals surface area contributed by atoms with Gasteiger partial charge in [0.15, 0.2) is 0 Å². The SMILES string of the molecule is C/C(=N\NC(=O)c1ccc(O)cc1)c1cccnc1. The van der Waals surface area contributed by atoms with Gasteiger partial charge in [-0.1, -0.05) is 6.07 Å². The molecule has 1 aromatic carbocycles. The van der Waals surface area contributed by atoms with Crippen molar-refractivity contribution in [2.75, 3.05) is 0 Å². The number of carbonyl (C=O) groups is 1. The largest absolute Gasteiger partial charge is 0.508 e. The van der Waals surface area contributed by atoms with Crippen molar-refractivity contribution in [1.82, 2.24) is 10.4 Å². The molecule has 2 aromatic rings. The normalized spacial score (nSPS) is 11.1. The second-order valence-corrected chi connectivity index (χ2v) is 3.93. The molecule has 1 heterocycles. The molecule has 2 N–H and O–H groups in total. The van der Waals surface area contributed by atoms with Crippen LogP contribution >= 0.6 is 0 Å². The Bertz CT molecular complexity index is 592. The lowest BCUT2D eigenvalue weighted by Crippen LogP contribution is -2.19. The minimum absolute atomic E-state index is 0.117. The van der Waals surface area contributed by atoms with Crippen LogP contribution in [0.2, 0.25) is 0 Å². The summed E-state index contributed by atoms with van der Waals surface area (Å²) in [6.07, 6.45) is 3.34. The van der Waals surface area contributed by atoms with Crippen LogP contribution in [0.5, 0.6) is 5.75 Å². The molecule has 0 bridgehead atoms. The molecule has 0 radical (unpaired) electrons. The van der Waals surface area contributed by atoms with E-state index in [1.165, 1.54) is 24.3 Å². The minimum Gasteiger partial charge on any atom is -0.508 e. The van der Waals surface area contributed by atoms with Crippen molar-refractivity contribution in [3.63, 3.8) is 0 Å². The van der Waals surface area contributed by atoms with Crippen molar-refractivity contribution in [3.8, 4) is 5.75 Å². The van der Waals surface area contributed by atoms with Gasteiger partial charge in [-0.3, -0.25) is 9.78 Å². The quantitative estimate of drug-likeness (QED) is 0.650. The Morgan fingerprint density at radius 2 is 1.95 bits per heavy atom. The molecule has 0 atom stereocenters. The Morgan fingerprint density at radius 3 is 2.58 bits per heavy atom. The molecule has 1 aromatic heterocycles. The molecule has 0 saturated carbocycles. The van der Waals surface area contributed by atoms with Gasteiger partial charge in [0, 0.05) is 23.5 Å². The lowest BCUT2D eigenvalue weighted by atomic mass is 10.2. The standard InChI is InChI=1S/C14H13N3O2/c1-10(12-3-2-8-15-9-12)16-17-14(19)11-4-6-13(18)7-5-11/h2-9,18H,1H3,(H,17,19)/b16-10+. The highest BCUT2D eigenvalue weighted by atomic mass is 16.3. The average Bonchev–Trinajstić information content (AvgIpc) is 2.46. The summed E-state index contributed by atoms with van der Waals surface area (Å²) in [6.45, 7) is 1.79. The molecule has 19 heavy (non-hydrogen) atoms. The molecule has 0 aliphatic carbocycles. The molecule has 0 unspecified atom stereocenters. The van der Waals surface area contributed by atoms with Gasteiger partial charge in [0.25, 0.3) is 5.91 Å². The van der Waals surface area contributed by atoms with Crippen LogP contribution in [-0.4, -0.2) is 21.7 Å². The average molecular weight is 255 g/mol. The van der Waals surface area contributed by atoms with E-state index < -0.39 is 0 Å². The van der Waals surface area contributed by atoms with Crippen LogP contribution in [0.25, 0.3) is 0 Å². The molecule has 0 saturated heterocycles. The van der Waals surface area contributed by atoms with Gasteiger partial charge in [-0.2, -0.15) is 5.10 Å². The van der Waals surface area contributed by atoms with Crippen LogP contribution in [-0.2, 0) is 0 Å². The van der Waals surface area contributed by atoms with E-state index in [1.54, 1.807) is 25.4 Å². The highest BCUT2D eigenvalue weighted by Gasteiger charge is 2.04. The maximum absolute atomic E-state index is 11.8. The number of phenols is 1. The predicted molar refractivity (Wildman–Crippen MR) is 72.0 cm³/mol. The number of nitrogens with zero attached hydrogens (tertiary/aromatic N) is 2. The summed E-state index contributed by atoms with van der Waals surface area (Å²) >= 11 is 0. The van der Waals surface area contributed by atoms with Gasteiger partial charge in [-0.05, 0) is 37.3 Å². The number of pyridine rings is 1. The van der Waals surface area contributed by atoms with E-state index in [-0.39, 0.29) is 11.7 Å². The van der Waals surface area contributed by atoms with Crippen molar-refractivity contribution < 1.29 is 9.90 Å². The number of aromatic hydroxyl groups is 1. The van der Waals surface area contributed by atoms with Crippen molar-refractivity contribution in [2.45, 2.75) is 6.92 Å². The van der Waals surface area contributed by atoms with E-state index in [1.807, 2.05) is 6.07 Å². The van der Waals surface area contributed by atoms with Crippen molar-refractivity contribution in [1.29, 1.82) is 0 Å². The first-order valence-corrected chi connectivity index (χ1v) is 5.71. The Labute approximate surface area is 110 Å². The number of aromatic nitrogens is 1. The summed E-state index contributed by atoms with van der Waals surface area (Å²) in [5.41, 5.74) is 4.40. The molecule has 5 heteroatoms. The summed E-state index contributed by atoms with van der Waals surface area (Å²) < 4.78 is 0. The fourth-order valence-corrected chi connectivity index (χ4v) is 1.45. The number of hydrogen-bond donors (Lipinski definition) is 2. The maximum atomic E-state index is 11.8. The van der Waals surface area contributed by atoms with E-state index in [0.717, 1.165) is 5.56 Å². The number of carbonyl (C=O) groups excluding carboxylic acids is 1. The molecular weight excluding hydrogens is 242 g/mol. The molecule has 0 fully saturated rings. The Hall–Kier alpha value is -2.69. The highest BCUT2D eigenvalue weighted by Crippen LogP contribution is 2.09. The number of nitrogens with one attached hydrogen (secondary N) is 1. The summed E-state index contributed by atoms with van der Waals surface area (Å²) in [6, 6.07) is 9.62. The highest BCUT2D eigenvalue weighted by molar-refractivity contribution is 6.00. The molecule has 0 aliphatic rings. The number of phenolic OH excluding ortho intramolecular Hbond substituents is 1. The molecule has 1 amide bonds. The van der Waals surface area contributed by atoms with Gasteiger partial charge in [-0.15, -0.1) is 0 Å². The van der Waals surface area contributed by atoms with E-state index in [9.17, 15) is 4.79 Å².